The van der Waals surface area contributed by atoms with Crippen LogP contribution in [0.15, 0.2) is 42.5 Å². The molecule has 3 aromatic rings. The van der Waals surface area contributed by atoms with Crippen molar-refractivity contribution in [3.63, 3.8) is 0 Å². The molecular weight excluding hydrogens is 447 g/mol. The Kier molecular flexibility index (Phi) is 5.90. The second kappa shape index (κ2) is 9.34. The van der Waals surface area contributed by atoms with Crippen LogP contribution < -0.4 is 19.1 Å². The molecule has 0 spiro atoms. The van der Waals surface area contributed by atoms with Gasteiger partial charge in [-0.1, -0.05) is 19.1 Å². The van der Waals surface area contributed by atoms with Crippen molar-refractivity contribution >= 4 is 5.95 Å². The van der Waals surface area contributed by atoms with E-state index in [4.69, 9.17) is 24.2 Å². The van der Waals surface area contributed by atoms with Crippen LogP contribution in [-0.4, -0.2) is 41.3 Å². The van der Waals surface area contributed by atoms with Crippen molar-refractivity contribution in [1.29, 1.82) is 0 Å². The number of hydrogen-bond acceptors (Lipinski definition) is 7. The minimum Gasteiger partial charge on any atom is -0.454 e. The zero-order valence-corrected chi connectivity index (χ0v) is 19.9. The highest BCUT2D eigenvalue weighted by atomic mass is 19.1. The van der Waals surface area contributed by atoms with Gasteiger partial charge in [0.15, 0.2) is 11.5 Å². The summed E-state index contributed by atoms with van der Waals surface area (Å²) < 4.78 is 31.0. The topological polar surface area (TPSA) is 60.0 Å². The van der Waals surface area contributed by atoms with E-state index >= 15 is 0 Å². The van der Waals surface area contributed by atoms with Gasteiger partial charge in [0.2, 0.25) is 18.6 Å². The van der Waals surface area contributed by atoms with E-state index in [0.29, 0.717) is 24.1 Å². The Morgan fingerprint density at radius 1 is 1.03 bits per heavy atom. The lowest BCUT2D eigenvalue weighted by molar-refractivity contribution is 0.174. The summed E-state index contributed by atoms with van der Waals surface area (Å²) in [6.45, 7) is 6.75. The Labute approximate surface area is 204 Å². The molecule has 1 fully saturated rings. The maximum absolute atomic E-state index is 13.9. The Morgan fingerprint density at radius 3 is 2.74 bits per heavy atom. The molecular formula is C27H29FN4O3. The van der Waals surface area contributed by atoms with Gasteiger partial charge in [-0.15, -0.1) is 0 Å². The van der Waals surface area contributed by atoms with Crippen LogP contribution in [0.5, 0.6) is 23.1 Å². The molecule has 0 radical (unpaired) electrons. The average molecular weight is 477 g/mol. The molecule has 6 rings (SSSR count). The fourth-order valence-electron chi connectivity index (χ4n) is 4.94. The van der Waals surface area contributed by atoms with Crippen LogP contribution in [0.25, 0.3) is 0 Å². The smallest absolute Gasteiger partial charge is 0.231 e. The van der Waals surface area contributed by atoms with Crippen LogP contribution in [0.3, 0.4) is 0 Å². The molecule has 2 aromatic carbocycles. The molecule has 0 N–H and O–H groups in total. The zero-order chi connectivity index (χ0) is 23.8. The Hall–Kier alpha value is -3.39. The van der Waals surface area contributed by atoms with E-state index in [-0.39, 0.29) is 12.6 Å². The lowest BCUT2D eigenvalue weighted by Crippen LogP contribution is -2.36. The van der Waals surface area contributed by atoms with Crippen molar-refractivity contribution < 1.29 is 18.6 Å². The van der Waals surface area contributed by atoms with Gasteiger partial charge < -0.3 is 19.1 Å². The van der Waals surface area contributed by atoms with Gasteiger partial charge in [-0.2, -0.15) is 4.98 Å². The average Bonchev–Trinajstić information content (AvgIpc) is 3.33. The number of nitrogens with zero attached hydrogens (tertiary/aromatic N) is 4. The number of aromatic nitrogens is 2. The molecule has 3 aliphatic rings. The number of halogens is 1. The number of benzene rings is 2. The first-order valence-electron chi connectivity index (χ1n) is 12.3. The fourth-order valence-corrected chi connectivity index (χ4v) is 4.94. The van der Waals surface area contributed by atoms with Gasteiger partial charge in [-0.3, -0.25) is 4.90 Å². The number of hydrogen-bond donors (Lipinski definition) is 0. The van der Waals surface area contributed by atoms with Crippen molar-refractivity contribution in [1.82, 2.24) is 14.9 Å². The van der Waals surface area contributed by atoms with E-state index in [0.717, 1.165) is 79.7 Å². The van der Waals surface area contributed by atoms with Crippen molar-refractivity contribution in [2.75, 3.05) is 31.3 Å². The summed E-state index contributed by atoms with van der Waals surface area (Å²) in [5.41, 5.74) is 3.14. The Balaban J connectivity index is 1.28. The third-order valence-corrected chi connectivity index (χ3v) is 7.01. The minimum absolute atomic E-state index is 0.270. The predicted molar refractivity (Wildman–Crippen MR) is 130 cm³/mol. The van der Waals surface area contributed by atoms with Crippen LogP contribution in [-0.2, 0) is 19.5 Å². The first kappa shape index (κ1) is 22.1. The van der Waals surface area contributed by atoms with E-state index < -0.39 is 0 Å². The van der Waals surface area contributed by atoms with Gasteiger partial charge in [-0.25, -0.2) is 9.37 Å². The third-order valence-electron chi connectivity index (χ3n) is 7.01. The van der Waals surface area contributed by atoms with Crippen molar-refractivity contribution in [3.8, 4) is 23.1 Å². The van der Waals surface area contributed by atoms with Crippen molar-refractivity contribution in [2.45, 2.75) is 39.3 Å². The van der Waals surface area contributed by atoms with Crippen LogP contribution in [0.1, 0.15) is 36.6 Å². The predicted octanol–water partition coefficient (Wildman–Crippen LogP) is 4.93. The summed E-state index contributed by atoms with van der Waals surface area (Å²) in [6.07, 6.45) is 3.06. The lowest BCUT2D eigenvalue weighted by atomic mass is 9.99. The molecule has 8 heteroatoms. The van der Waals surface area contributed by atoms with Crippen LogP contribution in [0.2, 0.25) is 0 Å². The number of ether oxygens (including phenoxy) is 3. The quantitative estimate of drug-likeness (QED) is 0.517. The summed E-state index contributed by atoms with van der Waals surface area (Å²) in [5.74, 6) is 3.64. The Bertz CT molecular complexity index is 1230. The molecule has 0 bridgehead atoms. The molecule has 182 valence electrons. The molecule has 0 saturated carbocycles. The number of rotatable bonds is 5. The van der Waals surface area contributed by atoms with E-state index in [1.54, 1.807) is 12.1 Å². The van der Waals surface area contributed by atoms with Gasteiger partial charge in [0, 0.05) is 45.2 Å². The molecule has 0 atom stereocenters. The molecule has 3 aliphatic heterocycles. The van der Waals surface area contributed by atoms with Crippen molar-refractivity contribution in [3.05, 3.63) is 65.1 Å². The first-order valence-corrected chi connectivity index (χ1v) is 12.3. The van der Waals surface area contributed by atoms with Gasteiger partial charge in [-0.05, 0) is 48.6 Å². The standard InChI is InChI=1S/C27H29FN4O3/c1-18-7-11-32(12-8-18)27-29-23-9-10-31(15-19-5-6-24-25(13-19)34-17-33-24)16-22(23)26(30-27)35-21-4-2-3-20(28)14-21/h2-6,13-14,18H,7-12,15-17H2,1H3. The van der Waals surface area contributed by atoms with Crippen molar-refractivity contribution in [2.24, 2.45) is 5.92 Å². The van der Waals surface area contributed by atoms with Crippen LogP contribution >= 0.6 is 0 Å². The Morgan fingerprint density at radius 2 is 1.89 bits per heavy atom. The maximum atomic E-state index is 13.9. The molecule has 0 amide bonds. The zero-order valence-electron chi connectivity index (χ0n) is 19.9. The highest BCUT2D eigenvalue weighted by Crippen LogP contribution is 2.35. The number of anilines is 1. The summed E-state index contributed by atoms with van der Waals surface area (Å²) >= 11 is 0. The number of fused-ring (bicyclic) bond motifs is 2. The van der Waals surface area contributed by atoms with Crippen LogP contribution in [0, 0.1) is 11.7 Å². The first-order chi connectivity index (χ1) is 17.1. The molecule has 4 heterocycles. The molecule has 1 saturated heterocycles. The normalized spacial score (nSPS) is 17.9. The largest absolute Gasteiger partial charge is 0.454 e. The fraction of sp³-hybridized carbons (Fsp3) is 0.407. The maximum Gasteiger partial charge on any atom is 0.231 e. The van der Waals surface area contributed by atoms with Gasteiger partial charge in [0.25, 0.3) is 0 Å². The minimum atomic E-state index is -0.333. The molecule has 35 heavy (non-hydrogen) atoms. The summed E-state index contributed by atoms with van der Waals surface area (Å²) in [7, 11) is 0. The lowest BCUT2D eigenvalue weighted by Gasteiger charge is -2.33. The monoisotopic (exact) mass is 476 g/mol. The molecule has 0 unspecified atom stereocenters. The van der Waals surface area contributed by atoms with Gasteiger partial charge in [0.05, 0.1) is 11.3 Å². The molecule has 0 aliphatic carbocycles. The highest BCUT2D eigenvalue weighted by Gasteiger charge is 2.27. The van der Waals surface area contributed by atoms with Crippen LogP contribution in [0.4, 0.5) is 10.3 Å². The number of piperidine rings is 1. The van der Waals surface area contributed by atoms with E-state index in [1.165, 1.54) is 12.1 Å². The SMILES string of the molecule is CC1CCN(c2nc3c(c(Oc4cccc(F)c4)n2)CN(Cc2ccc4c(c2)OCO4)CC3)CC1. The summed E-state index contributed by atoms with van der Waals surface area (Å²) in [4.78, 5) is 14.4. The van der Waals surface area contributed by atoms with E-state index in [1.807, 2.05) is 12.1 Å². The molecule has 7 nitrogen and oxygen atoms in total. The third kappa shape index (κ3) is 4.75. The summed E-state index contributed by atoms with van der Waals surface area (Å²) in [6, 6.07) is 12.3. The summed E-state index contributed by atoms with van der Waals surface area (Å²) in [5, 5.41) is 0. The van der Waals surface area contributed by atoms with E-state index in [9.17, 15) is 4.39 Å². The second-order valence-electron chi connectivity index (χ2n) is 9.63. The van der Waals surface area contributed by atoms with E-state index in [2.05, 4.69) is 22.8 Å². The van der Waals surface area contributed by atoms with Gasteiger partial charge >= 0.3 is 0 Å². The van der Waals surface area contributed by atoms with Gasteiger partial charge in [0.1, 0.15) is 11.6 Å². The second-order valence-corrected chi connectivity index (χ2v) is 9.63. The highest BCUT2D eigenvalue weighted by molar-refractivity contribution is 5.46. The molecule has 1 aromatic heterocycles.